The van der Waals surface area contributed by atoms with Crippen molar-refractivity contribution in [2.24, 2.45) is 11.3 Å². The van der Waals surface area contributed by atoms with E-state index in [1.54, 1.807) is 0 Å². The summed E-state index contributed by atoms with van der Waals surface area (Å²) in [7, 11) is 0. The molecule has 0 aliphatic heterocycles. The monoisotopic (exact) mass is 213 g/mol. The van der Waals surface area contributed by atoms with Crippen molar-refractivity contribution in [1.29, 1.82) is 0 Å². The highest BCUT2D eigenvalue weighted by molar-refractivity contribution is 5.80. The van der Waals surface area contributed by atoms with Gasteiger partial charge in [-0.1, -0.05) is 34.1 Å². The van der Waals surface area contributed by atoms with E-state index < -0.39 is 0 Å². The lowest BCUT2D eigenvalue weighted by atomic mass is 9.77. The summed E-state index contributed by atoms with van der Waals surface area (Å²) in [6, 6.07) is 0. The molecule has 0 aliphatic carbocycles. The maximum Gasteiger partial charge on any atom is 0.223 e. The van der Waals surface area contributed by atoms with Crippen LogP contribution in [0.15, 0.2) is 0 Å². The molecule has 3 nitrogen and oxygen atoms in total. The minimum atomic E-state index is -0.0190. The smallest absolute Gasteiger partial charge is 0.223 e. The Kier molecular flexibility index (Phi) is 5.55. The predicted octanol–water partition coefficient (Wildman–Crippen LogP) is 2.15. The Morgan fingerprint density at radius 1 is 1.33 bits per heavy atom. The van der Waals surface area contributed by atoms with Crippen molar-refractivity contribution in [3.8, 4) is 0 Å². The molecule has 0 fully saturated rings. The molecule has 0 saturated heterocycles. The molecule has 0 rings (SSSR count). The molecule has 0 aromatic rings. The van der Waals surface area contributed by atoms with E-state index in [1.165, 1.54) is 6.92 Å². The molecule has 0 saturated carbocycles. The summed E-state index contributed by atoms with van der Waals surface area (Å²) in [5.41, 5.74) is 0.0142. The Labute approximate surface area is 92.6 Å². The zero-order valence-corrected chi connectivity index (χ0v) is 10.5. The van der Waals surface area contributed by atoms with Gasteiger partial charge in [-0.15, -0.1) is 0 Å². The second kappa shape index (κ2) is 5.89. The van der Waals surface area contributed by atoms with E-state index >= 15 is 0 Å². The lowest BCUT2D eigenvalue weighted by Gasteiger charge is -2.29. The van der Waals surface area contributed by atoms with Gasteiger partial charge in [-0.3, -0.25) is 9.59 Å². The Hall–Kier alpha value is -0.860. The highest BCUT2D eigenvalue weighted by Crippen LogP contribution is 2.29. The summed E-state index contributed by atoms with van der Waals surface area (Å²) < 4.78 is 0. The minimum Gasteiger partial charge on any atom is -0.355 e. The number of ketones is 1. The maximum absolute atomic E-state index is 11.7. The standard InChI is InChI=1S/C12H23NO2/c1-6-12(4,5)10(3)11(15)13-8-7-9(2)14/h10H,6-8H2,1-5H3,(H,13,15)/t10-/m0/s1. The Balaban J connectivity index is 4.05. The molecule has 1 N–H and O–H groups in total. The second-order valence-electron chi connectivity index (χ2n) is 4.81. The molecule has 3 heteroatoms. The van der Waals surface area contributed by atoms with E-state index in [4.69, 9.17) is 0 Å². The van der Waals surface area contributed by atoms with Crippen LogP contribution < -0.4 is 5.32 Å². The third-order valence-corrected chi connectivity index (χ3v) is 3.25. The molecule has 1 atom stereocenters. The highest BCUT2D eigenvalue weighted by atomic mass is 16.2. The van der Waals surface area contributed by atoms with Crippen LogP contribution in [0.4, 0.5) is 0 Å². The van der Waals surface area contributed by atoms with Crippen molar-refractivity contribution in [3.63, 3.8) is 0 Å². The first kappa shape index (κ1) is 14.1. The second-order valence-corrected chi connectivity index (χ2v) is 4.81. The average molecular weight is 213 g/mol. The van der Waals surface area contributed by atoms with E-state index in [0.29, 0.717) is 13.0 Å². The largest absolute Gasteiger partial charge is 0.355 e. The fourth-order valence-corrected chi connectivity index (χ4v) is 1.18. The van der Waals surface area contributed by atoms with E-state index in [9.17, 15) is 9.59 Å². The number of hydrogen-bond acceptors (Lipinski definition) is 2. The summed E-state index contributed by atoms with van der Waals surface area (Å²) in [4.78, 5) is 22.4. The molecule has 0 aliphatic rings. The zero-order valence-electron chi connectivity index (χ0n) is 10.5. The molecule has 15 heavy (non-hydrogen) atoms. The SMILES string of the molecule is CCC(C)(C)[C@@H](C)C(=O)NCCC(C)=O. The lowest BCUT2D eigenvalue weighted by molar-refractivity contribution is -0.128. The number of hydrogen-bond donors (Lipinski definition) is 1. The Bertz CT molecular complexity index is 234. The fourth-order valence-electron chi connectivity index (χ4n) is 1.18. The van der Waals surface area contributed by atoms with Gasteiger partial charge < -0.3 is 5.32 Å². The van der Waals surface area contributed by atoms with Crippen LogP contribution in [0.5, 0.6) is 0 Å². The highest BCUT2D eigenvalue weighted by Gasteiger charge is 2.29. The van der Waals surface area contributed by atoms with Crippen LogP contribution in [0, 0.1) is 11.3 Å². The van der Waals surface area contributed by atoms with Gasteiger partial charge in [-0.25, -0.2) is 0 Å². The van der Waals surface area contributed by atoms with Gasteiger partial charge in [0.2, 0.25) is 5.91 Å². The maximum atomic E-state index is 11.7. The molecule has 0 aromatic carbocycles. The van der Waals surface area contributed by atoms with Gasteiger partial charge in [0.25, 0.3) is 0 Å². The molecule has 1 amide bonds. The number of carbonyl (C=O) groups excluding carboxylic acids is 2. The molecule has 0 bridgehead atoms. The average Bonchev–Trinajstić information content (AvgIpc) is 2.15. The Morgan fingerprint density at radius 2 is 1.87 bits per heavy atom. The van der Waals surface area contributed by atoms with Crippen LogP contribution in [0.2, 0.25) is 0 Å². The van der Waals surface area contributed by atoms with Crippen molar-refractivity contribution < 1.29 is 9.59 Å². The van der Waals surface area contributed by atoms with E-state index in [-0.39, 0.29) is 23.0 Å². The number of amides is 1. The number of nitrogens with one attached hydrogen (secondary N) is 1. The molecule has 88 valence electrons. The summed E-state index contributed by atoms with van der Waals surface area (Å²) in [5.74, 6) is 0.135. The predicted molar refractivity (Wildman–Crippen MR) is 61.5 cm³/mol. The molecular weight excluding hydrogens is 190 g/mol. The van der Waals surface area contributed by atoms with Crippen LogP contribution in [-0.4, -0.2) is 18.2 Å². The van der Waals surface area contributed by atoms with Crippen molar-refractivity contribution in [3.05, 3.63) is 0 Å². The quantitative estimate of drug-likeness (QED) is 0.735. The van der Waals surface area contributed by atoms with Gasteiger partial charge in [0, 0.05) is 18.9 Å². The molecule has 0 aromatic heterocycles. The third kappa shape index (κ3) is 4.96. The summed E-state index contributed by atoms with van der Waals surface area (Å²) >= 11 is 0. The zero-order chi connectivity index (χ0) is 12.1. The van der Waals surface area contributed by atoms with Gasteiger partial charge in [0.1, 0.15) is 5.78 Å². The fraction of sp³-hybridized carbons (Fsp3) is 0.833. The van der Waals surface area contributed by atoms with Gasteiger partial charge in [0.15, 0.2) is 0 Å². The van der Waals surface area contributed by atoms with Crippen LogP contribution in [0.1, 0.15) is 47.5 Å². The molecule has 0 radical (unpaired) electrons. The van der Waals surface area contributed by atoms with Crippen LogP contribution in [-0.2, 0) is 9.59 Å². The van der Waals surface area contributed by atoms with E-state index in [0.717, 1.165) is 6.42 Å². The molecule has 0 unspecified atom stereocenters. The van der Waals surface area contributed by atoms with Gasteiger partial charge >= 0.3 is 0 Å². The molecular formula is C12H23NO2. The van der Waals surface area contributed by atoms with Gasteiger partial charge in [-0.05, 0) is 12.3 Å². The topological polar surface area (TPSA) is 46.2 Å². The van der Waals surface area contributed by atoms with Crippen molar-refractivity contribution >= 4 is 11.7 Å². The van der Waals surface area contributed by atoms with Gasteiger partial charge in [0.05, 0.1) is 0 Å². The summed E-state index contributed by atoms with van der Waals surface area (Å²) in [6.45, 7) is 10.2. The third-order valence-electron chi connectivity index (χ3n) is 3.25. The first-order valence-electron chi connectivity index (χ1n) is 5.58. The number of Topliss-reactive ketones (excluding diaryl/α,β-unsaturated/α-hetero) is 1. The lowest BCUT2D eigenvalue weighted by Crippen LogP contribution is -2.38. The molecule has 0 spiro atoms. The van der Waals surface area contributed by atoms with Crippen LogP contribution in [0.3, 0.4) is 0 Å². The van der Waals surface area contributed by atoms with Crippen LogP contribution in [0.25, 0.3) is 0 Å². The van der Waals surface area contributed by atoms with Crippen molar-refractivity contribution in [2.45, 2.75) is 47.5 Å². The summed E-state index contributed by atoms with van der Waals surface area (Å²) in [6.07, 6.45) is 1.39. The first-order chi connectivity index (χ1) is 6.81. The molecule has 0 heterocycles. The normalized spacial score (nSPS) is 13.4. The van der Waals surface area contributed by atoms with Crippen molar-refractivity contribution in [1.82, 2.24) is 5.32 Å². The Morgan fingerprint density at radius 3 is 2.27 bits per heavy atom. The van der Waals surface area contributed by atoms with Gasteiger partial charge in [-0.2, -0.15) is 0 Å². The summed E-state index contributed by atoms with van der Waals surface area (Å²) in [5, 5.41) is 2.79. The number of carbonyl (C=O) groups is 2. The minimum absolute atomic E-state index is 0.0142. The van der Waals surface area contributed by atoms with Crippen molar-refractivity contribution in [2.75, 3.05) is 6.54 Å². The number of rotatable bonds is 6. The van der Waals surface area contributed by atoms with Crippen LogP contribution >= 0.6 is 0 Å². The first-order valence-corrected chi connectivity index (χ1v) is 5.58. The van der Waals surface area contributed by atoms with E-state index in [2.05, 4.69) is 26.1 Å². The van der Waals surface area contributed by atoms with E-state index in [1.807, 2.05) is 6.92 Å².